The van der Waals surface area contributed by atoms with Gasteiger partial charge in [0, 0.05) is 4.88 Å². The van der Waals surface area contributed by atoms with Gasteiger partial charge in [-0.25, -0.2) is 4.79 Å². The first-order valence-corrected chi connectivity index (χ1v) is 7.50. The van der Waals surface area contributed by atoms with Crippen LogP contribution in [0.3, 0.4) is 0 Å². The molecule has 0 aromatic carbocycles. The third-order valence-corrected chi connectivity index (χ3v) is 3.71. The molecule has 1 N–H and O–H groups in total. The zero-order chi connectivity index (χ0) is 15.4. The van der Waals surface area contributed by atoms with Crippen molar-refractivity contribution >= 4 is 11.3 Å². The summed E-state index contributed by atoms with van der Waals surface area (Å²) in [5.74, 6) is -0.204. The standard InChI is InChI=1S/C14H14N2O5S/c17-10(8-19-9-11-3-2-6-22-11)7-16-14(18)21-13(15-16)12-4-1-5-20-12/h1-6,10,17H,7-9H2. The normalized spacial score (nSPS) is 12.6. The largest absolute Gasteiger partial charge is 0.459 e. The zero-order valence-electron chi connectivity index (χ0n) is 11.5. The fourth-order valence-electron chi connectivity index (χ4n) is 1.86. The second-order valence-electron chi connectivity index (χ2n) is 4.58. The van der Waals surface area contributed by atoms with E-state index >= 15 is 0 Å². The SMILES string of the molecule is O=c1oc(-c2ccco2)nn1CC(O)COCc1cccs1. The van der Waals surface area contributed by atoms with Gasteiger partial charge in [-0.1, -0.05) is 6.07 Å². The van der Waals surface area contributed by atoms with Crippen LogP contribution in [0.1, 0.15) is 4.88 Å². The topological polar surface area (TPSA) is 90.6 Å². The molecule has 0 radical (unpaired) electrons. The molecular formula is C14H14N2O5S. The average molecular weight is 322 g/mol. The number of rotatable bonds is 7. The van der Waals surface area contributed by atoms with Gasteiger partial charge in [-0.05, 0) is 23.6 Å². The highest BCUT2D eigenvalue weighted by molar-refractivity contribution is 7.09. The zero-order valence-corrected chi connectivity index (χ0v) is 12.4. The van der Waals surface area contributed by atoms with Gasteiger partial charge in [0.05, 0.1) is 32.1 Å². The number of hydrogen-bond acceptors (Lipinski definition) is 7. The molecule has 3 rings (SSSR count). The molecule has 3 aromatic heterocycles. The fourth-order valence-corrected chi connectivity index (χ4v) is 2.50. The minimum atomic E-state index is -0.854. The van der Waals surface area contributed by atoms with Crippen LogP contribution in [0.15, 0.2) is 49.5 Å². The quantitative estimate of drug-likeness (QED) is 0.712. The number of aliphatic hydroxyl groups is 1. The van der Waals surface area contributed by atoms with Crippen molar-refractivity contribution in [1.29, 1.82) is 0 Å². The number of ether oxygens (including phenoxy) is 1. The first kappa shape index (κ1) is 14.8. The van der Waals surface area contributed by atoms with Gasteiger partial charge in [-0.2, -0.15) is 4.68 Å². The Morgan fingerprint density at radius 3 is 3.05 bits per heavy atom. The maximum Gasteiger partial charge on any atom is 0.437 e. The van der Waals surface area contributed by atoms with Crippen molar-refractivity contribution in [2.45, 2.75) is 19.3 Å². The molecule has 0 fully saturated rings. The Hall–Kier alpha value is -2.16. The van der Waals surface area contributed by atoms with Gasteiger partial charge in [-0.3, -0.25) is 0 Å². The molecule has 0 bridgehead atoms. The summed E-state index contributed by atoms with van der Waals surface area (Å²) in [5, 5.41) is 15.8. The van der Waals surface area contributed by atoms with Crippen LogP contribution < -0.4 is 5.76 Å². The molecule has 1 unspecified atom stereocenters. The minimum absolute atomic E-state index is 0.00647. The van der Waals surface area contributed by atoms with Crippen molar-refractivity contribution in [2.24, 2.45) is 0 Å². The van der Waals surface area contributed by atoms with Crippen LogP contribution in [-0.4, -0.2) is 27.6 Å². The summed E-state index contributed by atoms with van der Waals surface area (Å²) in [7, 11) is 0. The van der Waals surface area contributed by atoms with E-state index < -0.39 is 11.9 Å². The second-order valence-corrected chi connectivity index (χ2v) is 5.61. The monoisotopic (exact) mass is 322 g/mol. The molecule has 7 nitrogen and oxygen atoms in total. The van der Waals surface area contributed by atoms with Crippen LogP contribution in [0.4, 0.5) is 0 Å². The molecular weight excluding hydrogens is 308 g/mol. The Morgan fingerprint density at radius 1 is 1.41 bits per heavy atom. The Morgan fingerprint density at radius 2 is 2.32 bits per heavy atom. The smallest absolute Gasteiger partial charge is 0.437 e. The van der Waals surface area contributed by atoms with Crippen molar-refractivity contribution in [1.82, 2.24) is 9.78 Å². The van der Waals surface area contributed by atoms with Crippen LogP contribution in [0.2, 0.25) is 0 Å². The van der Waals surface area contributed by atoms with E-state index in [1.807, 2.05) is 17.5 Å². The van der Waals surface area contributed by atoms with Crippen LogP contribution in [0, 0.1) is 0 Å². The lowest BCUT2D eigenvalue weighted by Crippen LogP contribution is -2.27. The van der Waals surface area contributed by atoms with Crippen molar-refractivity contribution in [2.75, 3.05) is 6.61 Å². The van der Waals surface area contributed by atoms with Gasteiger partial charge >= 0.3 is 5.76 Å². The molecule has 1 atom stereocenters. The lowest BCUT2D eigenvalue weighted by atomic mass is 10.4. The van der Waals surface area contributed by atoms with Crippen molar-refractivity contribution in [3.8, 4) is 11.7 Å². The molecule has 0 spiro atoms. The molecule has 0 aliphatic rings. The first-order valence-electron chi connectivity index (χ1n) is 6.62. The van der Waals surface area contributed by atoms with Crippen LogP contribution in [0.25, 0.3) is 11.7 Å². The molecule has 22 heavy (non-hydrogen) atoms. The molecule has 0 saturated heterocycles. The number of aromatic nitrogens is 2. The van der Waals surface area contributed by atoms with E-state index in [2.05, 4.69) is 5.10 Å². The Bertz CT molecular complexity index is 745. The number of thiophene rings is 1. The van der Waals surface area contributed by atoms with E-state index in [4.69, 9.17) is 13.6 Å². The summed E-state index contributed by atoms with van der Waals surface area (Å²) in [6.07, 6.45) is 0.606. The molecule has 0 saturated carbocycles. The lowest BCUT2D eigenvalue weighted by molar-refractivity contribution is 0.0187. The van der Waals surface area contributed by atoms with Gasteiger partial charge in [-0.15, -0.1) is 16.4 Å². The van der Waals surface area contributed by atoms with Gasteiger partial charge in [0.15, 0.2) is 5.76 Å². The first-order chi connectivity index (χ1) is 10.7. The molecule has 3 aromatic rings. The summed E-state index contributed by atoms with van der Waals surface area (Å²) < 4.78 is 16.5. The van der Waals surface area contributed by atoms with Gasteiger partial charge < -0.3 is 18.7 Å². The Labute approximate surface area is 129 Å². The predicted molar refractivity (Wildman–Crippen MR) is 78.4 cm³/mol. The van der Waals surface area contributed by atoms with E-state index in [-0.39, 0.29) is 19.0 Å². The van der Waals surface area contributed by atoms with Crippen LogP contribution in [0.5, 0.6) is 0 Å². The van der Waals surface area contributed by atoms with Gasteiger partial charge in [0.2, 0.25) is 0 Å². The maximum atomic E-state index is 11.7. The lowest BCUT2D eigenvalue weighted by Gasteiger charge is -2.09. The average Bonchev–Trinajstić information content (AvgIpc) is 3.21. The van der Waals surface area contributed by atoms with Crippen LogP contribution in [-0.2, 0) is 17.9 Å². The third-order valence-electron chi connectivity index (χ3n) is 2.86. The summed E-state index contributed by atoms with van der Waals surface area (Å²) in [4.78, 5) is 12.7. The molecule has 0 amide bonds. The maximum absolute atomic E-state index is 11.7. The highest BCUT2D eigenvalue weighted by Crippen LogP contribution is 2.15. The van der Waals surface area contributed by atoms with E-state index in [1.54, 1.807) is 23.5 Å². The van der Waals surface area contributed by atoms with E-state index in [1.165, 1.54) is 6.26 Å². The Kier molecular flexibility index (Phi) is 4.52. The van der Waals surface area contributed by atoms with Gasteiger partial charge in [0.25, 0.3) is 5.89 Å². The highest BCUT2D eigenvalue weighted by atomic mass is 32.1. The number of furan rings is 1. The predicted octanol–water partition coefficient (Wildman–Crippen LogP) is 1.74. The Balaban J connectivity index is 1.55. The highest BCUT2D eigenvalue weighted by Gasteiger charge is 2.15. The van der Waals surface area contributed by atoms with E-state index in [9.17, 15) is 9.90 Å². The molecule has 8 heteroatoms. The van der Waals surface area contributed by atoms with Gasteiger partial charge in [0.1, 0.15) is 0 Å². The fraction of sp³-hybridized carbons (Fsp3) is 0.286. The number of nitrogens with zero attached hydrogens (tertiary/aromatic N) is 2. The number of aliphatic hydroxyl groups excluding tert-OH is 1. The molecule has 116 valence electrons. The van der Waals surface area contributed by atoms with Crippen LogP contribution >= 0.6 is 11.3 Å². The second kappa shape index (κ2) is 6.73. The van der Waals surface area contributed by atoms with E-state index in [0.717, 1.165) is 9.56 Å². The van der Waals surface area contributed by atoms with Crippen molar-refractivity contribution in [3.63, 3.8) is 0 Å². The summed E-state index contributed by atoms with van der Waals surface area (Å²) >= 11 is 1.58. The minimum Gasteiger partial charge on any atom is -0.459 e. The molecule has 0 aliphatic heterocycles. The van der Waals surface area contributed by atoms with Crippen molar-refractivity contribution < 1.29 is 18.7 Å². The van der Waals surface area contributed by atoms with E-state index in [0.29, 0.717) is 12.4 Å². The third kappa shape index (κ3) is 3.53. The number of hydrogen-bond donors (Lipinski definition) is 1. The van der Waals surface area contributed by atoms with Crippen molar-refractivity contribution in [3.05, 3.63) is 51.3 Å². The summed E-state index contributed by atoms with van der Waals surface area (Å²) in [6.45, 7) is 0.529. The summed E-state index contributed by atoms with van der Waals surface area (Å²) in [5.41, 5.74) is 0. The molecule has 0 aliphatic carbocycles. The summed E-state index contributed by atoms with van der Waals surface area (Å²) in [6, 6.07) is 7.19. The molecule has 3 heterocycles.